The van der Waals surface area contributed by atoms with Crippen LogP contribution in [0.25, 0.3) is 0 Å². The van der Waals surface area contributed by atoms with Crippen LogP contribution >= 0.6 is 0 Å². The van der Waals surface area contributed by atoms with Crippen molar-refractivity contribution in [3.63, 3.8) is 0 Å². The first-order valence-corrected chi connectivity index (χ1v) is 6.03. The van der Waals surface area contributed by atoms with Crippen molar-refractivity contribution in [1.82, 2.24) is 15.1 Å². The van der Waals surface area contributed by atoms with Crippen LogP contribution in [-0.2, 0) is 14.3 Å². The Hall–Kier alpha value is -1.14. The van der Waals surface area contributed by atoms with Crippen LogP contribution in [0.3, 0.4) is 0 Å². The minimum absolute atomic E-state index is 0.000353. The van der Waals surface area contributed by atoms with E-state index in [1.54, 1.807) is 16.8 Å². The van der Waals surface area contributed by atoms with E-state index >= 15 is 0 Å². The fraction of sp³-hybridized carbons (Fsp3) is 0.818. The Bertz CT molecular complexity index is 302. The average molecular weight is 241 g/mol. The van der Waals surface area contributed by atoms with Gasteiger partial charge in [-0.3, -0.25) is 9.59 Å². The van der Waals surface area contributed by atoms with Gasteiger partial charge in [-0.2, -0.15) is 0 Å². The van der Waals surface area contributed by atoms with Crippen molar-refractivity contribution in [2.75, 3.05) is 46.4 Å². The molecule has 2 fully saturated rings. The summed E-state index contributed by atoms with van der Waals surface area (Å²) >= 11 is 0. The Morgan fingerprint density at radius 2 is 2.29 bits per heavy atom. The van der Waals surface area contributed by atoms with Gasteiger partial charge >= 0.3 is 0 Å². The molecule has 0 aromatic carbocycles. The second kappa shape index (κ2) is 5.46. The number of nitrogens with one attached hydrogen (secondary N) is 1. The number of amides is 2. The third kappa shape index (κ3) is 2.95. The van der Waals surface area contributed by atoms with Crippen LogP contribution in [0.2, 0.25) is 0 Å². The topological polar surface area (TPSA) is 61.9 Å². The van der Waals surface area contributed by atoms with Gasteiger partial charge in [-0.25, -0.2) is 0 Å². The predicted octanol–water partition coefficient (Wildman–Crippen LogP) is -1.33. The number of hydrogen-bond donors (Lipinski definition) is 1. The fourth-order valence-corrected chi connectivity index (χ4v) is 2.10. The molecule has 0 aliphatic carbocycles. The minimum atomic E-state index is -0.431. The Morgan fingerprint density at radius 1 is 1.47 bits per heavy atom. The number of morpholine rings is 1. The zero-order valence-corrected chi connectivity index (χ0v) is 10.1. The van der Waals surface area contributed by atoms with Crippen LogP contribution in [0.4, 0.5) is 0 Å². The zero-order valence-electron chi connectivity index (χ0n) is 10.1. The first-order valence-electron chi connectivity index (χ1n) is 6.03. The Labute approximate surface area is 101 Å². The van der Waals surface area contributed by atoms with Gasteiger partial charge in [-0.1, -0.05) is 0 Å². The van der Waals surface area contributed by atoms with Crippen LogP contribution in [-0.4, -0.2) is 74.1 Å². The molecule has 0 aromatic heterocycles. The van der Waals surface area contributed by atoms with E-state index in [1.807, 2.05) is 0 Å². The molecule has 1 N–H and O–H groups in total. The maximum atomic E-state index is 12.1. The number of ether oxygens (including phenoxy) is 1. The van der Waals surface area contributed by atoms with Crippen LogP contribution in [0, 0.1) is 0 Å². The molecule has 0 bridgehead atoms. The van der Waals surface area contributed by atoms with Crippen LogP contribution < -0.4 is 5.32 Å². The molecule has 2 amide bonds. The van der Waals surface area contributed by atoms with Gasteiger partial charge in [0, 0.05) is 33.2 Å². The fourth-order valence-electron chi connectivity index (χ4n) is 2.10. The summed E-state index contributed by atoms with van der Waals surface area (Å²) in [5.74, 6) is -0.0690. The second-order valence-electron chi connectivity index (χ2n) is 4.49. The SMILES string of the molecule is CN1CCCN(C(=O)C2CNCCO2)CC1=O. The number of carbonyl (C=O) groups is 2. The normalized spacial score (nSPS) is 26.9. The average Bonchev–Trinajstić information content (AvgIpc) is 2.52. The van der Waals surface area contributed by atoms with Crippen molar-refractivity contribution in [3.05, 3.63) is 0 Å². The van der Waals surface area contributed by atoms with Crippen molar-refractivity contribution < 1.29 is 14.3 Å². The zero-order chi connectivity index (χ0) is 12.3. The largest absolute Gasteiger partial charge is 0.366 e. The maximum Gasteiger partial charge on any atom is 0.253 e. The summed E-state index contributed by atoms with van der Waals surface area (Å²) in [5, 5.41) is 3.12. The van der Waals surface area contributed by atoms with E-state index in [9.17, 15) is 9.59 Å². The van der Waals surface area contributed by atoms with Crippen LogP contribution in [0.15, 0.2) is 0 Å². The summed E-state index contributed by atoms with van der Waals surface area (Å²) < 4.78 is 5.42. The summed E-state index contributed by atoms with van der Waals surface area (Å²) in [6.45, 7) is 3.40. The number of rotatable bonds is 1. The standard InChI is InChI=1S/C11H19N3O3/c1-13-4-2-5-14(8-10(13)15)11(16)9-7-12-3-6-17-9/h9,12H,2-8H2,1H3. The molecule has 2 heterocycles. The predicted molar refractivity (Wildman–Crippen MR) is 61.4 cm³/mol. The summed E-state index contributed by atoms with van der Waals surface area (Å²) in [4.78, 5) is 27.1. The van der Waals surface area contributed by atoms with Gasteiger partial charge in [0.1, 0.15) is 6.10 Å². The van der Waals surface area contributed by atoms with Gasteiger partial charge in [-0.15, -0.1) is 0 Å². The molecule has 6 nitrogen and oxygen atoms in total. The molecular weight excluding hydrogens is 222 g/mol. The number of carbonyl (C=O) groups excluding carboxylic acids is 2. The molecule has 2 aliphatic heterocycles. The Balaban J connectivity index is 1.95. The first kappa shape index (κ1) is 12.3. The highest BCUT2D eigenvalue weighted by molar-refractivity contribution is 5.87. The van der Waals surface area contributed by atoms with Crippen molar-refractivity contribution in [2.24, 2.45) is 0 Å². The highest BCUT2D eigenvalue weighted by Crippen LogP contribution is 2.07. The molecule has 0 radical (unpaired) electrons. The van der Waals surface area contributed by atoms with E-state index in [2.05, 4.69) is 5.32 Å². The molecule has 0 saturated carbocycles. The van der Waals surface area contributed by atoms with E-state index in [0.717, 1.165) is 13.0 Å². The van der Waals surface area contributed by atoms with E-state index in [-0.39, 0.29) is 18.4 Å². The molecule has 6 heteroatoms. The quantitative estimate of drug-likeness (QED) is 0.617. The van der Waals surface area contributed by atoms with Gasteiger partial charge in [0.25, 0.3) is 5.91 Å². The first-order chi connectivity index (χ1) is 8.18. The third-order valence-corrected chi connectivity index (χ3v) is 3.19. The van der Waals surface area contributed by atoms with Crippen molar-refractivity contribution in [2.45, 2.75) is 12.5 Å². The lowest BCUT2D eigenvalue weighted by Crippen LogP contribution is -2.50. The molecule has 0 spiro atoms. The third-order valence-electron chi connectivity index (χ3n) is 3.19. The molecule has 2 rings (SSSR count). The van der Waals surface area contributed by atoms with Crippen molar-refractivity contribution >= 4 is 11.8 Å². The smallest absolute Gasteiger partial charge is 0.253 e. The molecule has 17 heavy (non-hydrogen) atoms. The molecule has 2 aliphatic rings. The molecule has 2 saturated heterocycles. The summed E-state index contributed by atoms with van der Waals surface area (Å²) in [6.07, 6.45) is 0.397. The number of hydrogen-bond acceptors (Lipinski definition) is 4. The van der Waals surface area contributed by atoms with E-state index < -0.39 is 6.10 Å². The van der Waals surface area contributed by atoms with Crippen LogP contribution in [0.1, 0.15) is 6.42 Å². The molecule has 0 aromatic rings. The van der Waals surface area contributed by atoms with E-state index in [4.69, 9.17) is 4.74 Å². The van der Waals surface area contributed by atoms with Crippen LogP contribution in [0.5, 0.6) is 0 Å². The second-order valence-corrected chi connectivity index (χ2v) is 4.49. The molecule has 1 atom stereocenters. The van der Waals surface area contributed by atoms with Gasteiger partial charge in [0.15, 0.2) is 0 Å². The van der Waals surface area contributed by atoms with E-state index in [0.29, 0.717) is 26.2 Å². The summed E-state index contributed by atoms with van der Waals surface area (Å²) in [5.41, 5.74) is 0. The summed E-state index contributed by atoms with van der Waals surface area (Å²) in [7, 11) is 1.77. The lowest BCUT2D eigenvalue weighted by Gasteiger charge is -2.28. The molecule has 96 valence electrons. The van der Waals surface area contributed by atoms with Gasteiger partial charge in [-0.05, 0) is 6.42 Å². The Kier molecular flexibility index (Phi) is 3.96. The van der Waals surface area contributed by atoms with Crippen molar-refractivity contribution in [1.29, 1.82) is 0 Å². The van der Waals surface area contributed by atoms with Gasteiger partial charge in [0.2, 0.25) is 5.91 Å². The maximum absolute atomic E-state index is 12.1. The van der Waals surface area contributed by atoms with Gasteiger partial charge < -0.3 is 19.9 Å². The monoisotopic (exact) mass is 241 g/mol. The van der Waals surface area contributed by atoms with Gasteiger partial charge in [0.05, 0.1) is 13.2 Å². The molecular formula is C11H19N3O3. The molecule has 1 unspecified atom stereocenters. The summed E-state index contributed by atoms with van der Waals surface area (Å²) in [6, 6.07) is 0. The highest BCUT2D eigenvalue weighted by atomic mass is 16.5. The van der Waals surface area contributed by atoms with E-state index in [1.165, 1.54) is 0 Å². The lowest BCUT2D eigenvalue weighted by molar-refractivity contribution is -0.148. The number of likely N-dealkylation sites (N-methyl/N-ethyl adjacent to an activating group) is 1. The number of nitrogens with zero attached hydrogens (tertiary/aromatic N) is 2. The lowest BCUT2D eigenvalue weighted by atomic mass is 10.2. The van der Waals surface area contributed by atoms with Crippen molar-refractivity contribution in [3.8, 4) is 0 Å². The minimum Gasteiger partial charge on any atom is -0.366 e. The highest BCUT2D eigenvalue weighted by Gasteiger charge is 2.29. The Morgan fingerprint density at radius 3 is 3.00 bits per heavy atom.